The highest BCUT2D eigenvalue weighted by Crippen LogP contribution is 2.57. The van der Waals surface area contributed by atoms with Crippen LogP contribution in [0.2, 0.25) is 0 Å². The number of sulfonamides is 1. The Bertz CT molecular complexity index is 1420. The van der Waals surface area contributed by atoms with Gasteiger partial charge in [-0.1, -0.05) is 18.1 Å². The highest BCUT2D eigenvalue weighted by atomic mass is 32.2. The Labute approximate surface area is 193 Å². The van der Waals surface area contributed by atoms with Gasteiger partial charge in [0.25, 0.3) is 5.89 Å². The fourth-order valence-electron chi connectivity index (χ4n) is 6.24. The third kappa shape index (κ3) is 2.79. The van der Waals surface area contributed by atoms with E-state index in [0.717, 1.165) is 55.4 Å². The molecule has 1 aromatic carbocycles. The lowest BCUT2D eigenvalue weighted by Crippen LogP contribution is -2.50. The molecule has 2 aromatic heterocycles. The van der Waals surface area contributed by atoms with Crippen molar-refractivity contribution < 1.29 is 12.9 Å². The summed E-state index contributed by atoms with van der Waals surface area (Å²) in [6.07, 6.45) is 6.59. The average molecular weight is 468 g/mol. The molecule has 3 aromatic rings. The van der Waals surface area contributed by atoms with Gasteiger partial charge in [-0.15, -0.1) is 0 Å². The molecule has 3 aliphatic heterocycles. The van der Waals surface area contributed by atoms with E-state index in [1.807, 2.05) is 19.1 Å². The van der Waals surface area contributed by atoms with E-state index in [4.69, 9.17) is 4.52 Å². The summed E-state index contributed by atoms with van der Waals surface area (Å²) < 4.78 is 35.1. The van der Waals surface area contributed by atoms with Gasteiger partial charge < -0.3 is 9.09 Å². The maximum atomic E-state index is 13.0. The largest absolute Gasteiger partial charge is 0.332 e. The number of aromatic nitrogens is 3. The third-order valence-electron chi connectivity index (χ3n) is 7.84. The van der Waals surface area contributed by atoms with Gasteiger partial charge in [-0.05, 0) is 62.9 Å². The van der Waals surface area contributed by atoms with Crippen molar-refractivity contribution >= 4 is 26.6 Å². The van der Waals surface area contributed by atoms with Crippen molar-refractivity contribution in [2.45, 2.75) is 50.5 Å². The molecule has 3 aliphatic rings. The van der Waals surface area contributed by atoms with Crippen LogP contribution in [0.5, 0.6) is 0 Å². The molecule has 9 heteroatoms. The van der Waals surface area contributed by atoms with Crippen LogP contribution < -0.4 is 0 Å². The Morgan fingerprint density at radius 1 is 1.27 bits per heavy atom. The van der Waals surface area contributed by atoms with Crippen LogP contribution in [0.1, 0.15) is 55.2 Å². The van der Waals surface area contributed by atoms with E-state index in [2.05, 4.69) is 32.6 Å². The minimum absolute atomic E-state index is 0.00591. The molecule has 5 heterocycles. The molecule has 174 valence electrons. The summed E-state index contributed by atoms with van der Waals surface area (Å²) in [5, 5.41) is 5.17. The zero-order valence-electron chi connectivity index (χ0n) is 19.5. The van der Waals surface area contributed by atoms with Crippen LogP contribution in [0.15, 0.2) is 33.7 Å². The van der Waals surface area contributed by atoms with Crippen molar-refractivity contribution in [1.29, 1.82) is 0 Å². The highest BCUT2D eigenvalue weighted by molar-refractivity contribution is 7.89. The van der Waals surface area contributed by atoms with Crippen LogP contribution in [-0.2, 0) is 16.4 Å². The van der Waals surface area contributed by atoms with E-state index in [1.165, 1.54) is 15.6 Å². The first kappa shape index (κ1) is 21.1. The Hall–Kier alpha value is -2.49. The van der Waals surface area contributed by atoms with Crippen molar-refractivity contribution in [2.24, 2.45) is 5.41 Å². The minimum Gasteiger partial charge on any atom is -0.332 e. The summed E-state index contributed by atoms with van der Waals surface area (Å²) in [6.45, 7) is 6.21. The molecule has 0 amide bonds. The first-order valence-electron chi connectivity index (χ1n) is 11.6. The van der Waals surface area contributed by atoms with Gasteiger partial charge in [0.05, 0.1) is 16.5 Å². The second-order valence-electron chi connectivity index (χ2n) is 9.72. The van der Waals surface area contributed by atoms with Crippen LogP contribution in [0.4, 0.5) is 0 Å². The van der Waals surface area contributed by atoms with Crippen molar-refractivity contribution in [3.05, 3.63) is 47.2 Å². The fourth-order valence-corrected chi connectivity index (χ4v) is 7.16. The summed E-state index contributed by atoms with van der Waals surface area (Å²) in [6, 6.07) is 5.80. The lowest BCUT2D eigenvalue weighted by atomic mass is 9.66. The van der Waals surface area contributed by atoms with Crippen molar-refractivity contribution in [3.63, 3.8) is 0 Å². The maximum Gasteiger partial charge on any atom is 0.274 e. The number of piperidine rings is 1. The van der Waals surface area contributed by atoms with E-state index >= 15 is 0 Å². The standard InChI is InChI=1S/C24H29N5O3S/c1-5-24-10-6-11-28-12-9-18-17-8-7-16(33(30,31)27(3)4)13-19(17)29(21(18)22(24)28)20(14-24)23-25-15(2)26-32-23/h7-8,13-14,22H,5-6,9-12H2,1-4H3/t22-,24+/m1/s1. The monoisotopic (exact) mass is 467 g/mol. The van der Waals surface area contributed by atoms with E-state index in [1.54, 1.807) is 20.2 Å². The van der Waals surface area contributed by atoms with Gasteiger partial charge in [0.15, 0.2) is 5.82 Å². The molecule has 2 atom stereocenters. The Morgan fingerprint density at radius 3 is 2.79 bits per heavy atom. The normalized spacial score (nSPS) is 24.9. The van der Waals surface area contributed by atoms with Gasteiger partial charge in [-0.25, -0.2) is 12.7 Å². The fraction of sp³-hybridized carbons (Fsp3) is 0.500. The molecule has 33 heavy (non-hydrogen) atoms. The first-order chi connectivity index (χ1) is 15.8. The summed E-state index contributed by atoms with van der Waals surface area (Å²) in [5.41, 5.74) is 4.35. The number of fused-ring (bicyclic) bond motifs is 3. The number of rotatable bonds is 4. The molecule has 6 rings (SSSR count). The lowest BCUT2D eigenvalue weighted by Gasteiger charge is -2.53. The van der Waals surface area contributed by atoms with Gasteiger partial charge in [0.1, 0.15) is 5.70 Å². The van der Waals surface area contributed by atoms with Gasteiger partial charge in [-0.3, -0.25) is 4.90 Å². The van der Waals surface area contributed by atoms with Crippen molar-refractivity contribution in [3.8, 4) is 0 Å². The summed E-state index contributed by atoms with van der Waals surface area (Å²) in [7, 11) is -0.433. The highest BCUT2D eigenvalue weighted by Gasteiger charge is 2.51. The Morgan fingerprint density at radius 2 is 2.09 bits per heavy atom. The second kappa shape index (κ2) is 7.01. The number of hydrogen-bond donors (Lipinski definition) is 0. The second-order valence-corrected chi connectivity index (χ2v) is 11.9. The molecule has 1 saturated heterocycles. The number of aryl methyl sites for hydroxylation is 1. The average Bonchev–Trinajstić information content (AvgIpc) is 3.39. The smallest absolute Gasteiger partial charge is 0.274 e. The van der Waals surface area contributed by atoms with Crippen LogP contribution in [0.3, 0.4) is 0 Å². The number of benzene rings is 1. The van der Waals surface area contributed by atoms with Crippen LogP contribution in [-0.4, -0.2) is 59.5 Å². The molecule has 0 spiro atoms. The SMILES string of the molecule is CC[C@@]12C=C(c3nc(C)no3)n3c4c(c5ccc(S(=O)(=O)N(C)C)cc53)CCN(CCC1)[C@H]42. The summed E-state index contributed by atoms with van der Waals surface area (Å²) in [5.74, 6) is 1.08. The van der Waals surface area contributed by atoms with Crippen LogP contribution in [0, 0.1) is 12.3 Å². The van der Waals surface area contributed by atoms with E-state index in [0.29, 0.717) is 16.6 Å². The summed E-state index contributed by atoms with van der Waals surface area (Å²) in [4.78, 5) is 7.49. The van der Waals surface area contributed by atoms with Gasteiger partial charge in [-0.2, -0.15) is 4.98 Å². The quantitative estimate of drug-likeness (QED) is 0.583. The molecule has 0 radical (unpaired) electrons. The zero-order chi connectivity index (χ0) is 23.1. The molecule has 1 fully saturated rings. The summed E-state index contributed by atoms with van der Waals surface area (Å²) >= 11 is 0. The maximum absolute atomic E-state index is 13.0. The van der Waals surface area contributed by atoms with Gasteiger partial charge in [0, 0.05) is 37.1 Å². The molecular formula is C24H29N5O3S. The molecule has 0 aliphatic carbocycles. The van der Waals surface area contributed by atoms with E-state index < -0.39 is 10.0 Å². The molecular weight excluding hydrogens is 438 g/mol. The minimum atomic E-state index is -3.56. The Balaban J connectivity index is 1.71. The number of hydrogen-bond acceptors (Lipinski definition) is 6. The predicted octanol–water partition coefficient (Wildman–Crippen LogP) is 3.58. The lowest BCUT2D eigenvalue weighted by molar-refractivity contribution is 0.0269. The van der Waals surface area contributed by atoms with Crippen molar-refractivity contribution in [1.82, 2.24) is 23.9 Å². The predicted molar refractivity (Wildman–Crippen MR) is 125 cm³/mol. The third-order valence-corrected chi connectivity index (χ3v) is 9.65. The Kier molecular flexibility index (Phi) is 4.47. The molecule has 0 N–H and O–H groups in total. The molecule has 0 unspecified atom stereocenters. The van der Waals surface area contributed by atoms with E-state index in [9.17, 15) is 8.42 Å². The van der Waals surface area contributed by atoms with Crippen molar-refractivity contribution in [2.75, 3.05) is 27.2 Å². The topological polar surface area (TPSA) is 84.5 Å². The van der Waals surface area contributed by atoms with Crippen LogP contribution in [0.25, 0.3) is 16.6 Å². The van der Waals surface area contributed by atoms with E-state index in [-0.39, 0.29) is 11.5 Å². The van der Waals surface area contributed by atoms with Gasteiger partial charge in [0.2, 0.25) is 10.0 Å². The first-order valence-corrected chi connectivity index (χ1v) is 13.1. The van der Waals surface area contributed by atoms with Crippen LogP contribution >= 0.6 is 0 Å². The molecule has 8 nitrogen and oxygen atoms in total. The van der Waals surface area contributed by atoms with Gasteiger partial charge >= 0.3 is 0 Å². The molecule has 0 saturated carbocycles. The zero-order valence-corrected chi connectivity index (χ0v) is 20.3. The number of nitrogens with zero attached hydrogens (tertiary/aromatic N) is 5. The molecule has 0 bridgehead atoms.